The first-order chi connectivity index (χ1) is 5.22. The molecule has 0 saturated heterocycles. The van der Waals surface area contributed by atoms with Crippen molar-refractivity contribution in [3.63, 3.8) is 0 Å². The minimum atomic E-state index is 0.506. The zero-order chi connectivity index (χ0) is 8.27. The predicted octanol–water partition coefficient (Wildman–Crippen LogP) is 2.15. The van der Waals surface area contributed by atoms with E-state index in [9.17, 15) is 0 Å². The van der Waals surface area contributed by atoms with Crippen molar-refractivity contribution in [3.05, 3.63) is 0 Å². The Morgan fingerprint density at radius 1 is 1.36 bits per heavy atom. The van der Waals surface area contributed by atoms with Crippen molar-refractivity contribution in [1.82, 2.24) is 0 Å². The minimum Gasteiger partial charge on any atom is -0.270 e. The van der Waals surface area contributed by atoms with Crippen LogP contribution in [0, 0.1) is 11.8 Å². The van der Waals surface area contributed by atoms with Crippen LogP contribution in [0.1, 0.15) is 27.2 Å². The summed E-state index contributed by atoms with van der Waals surface area (Å²) in [6, 6.07) is 0. The molecule has 1 atom stereocenters. The van der Waals surface area contributed by atoms with Gasteiger partial charge in [0.05, 0.1) is 0 Å². The van der Waals surface area contributed by atoms with Gasteiger partial charge in [-0.25, -0.2) is 4.99 Å². The molecular weight excluding hydrogens is 136 g/mol. The third-order valence-electron chi connectivity index (χ3n) is 2.16. The van der Waals surface area contributed by atoms with Crippen LogP contribution in [0.15, 0.2) is 9.98 Å². The van der Waals surface area contributed by atoms with Crippen LogP contribution in [0.25, 0.3) is 0 Å². The Labute approximate surface area is 68.4 Å². The monoisotopic (exact) mass is 152 g/mol. The normalized spacial score (nSPS) is 20.2. The average molecular weight is 152 g/mol. The summed E-state index contributed by atoms with van der Waals surface area (Å²) in [7, 11) is 0. The van der Waals surface area contributed by atoms with Crippen molar-refractivity contribution in [3.8, 4) is 0 Å². The molecule has 0 spiro atoms. The van der Waals surface area contributed by atoms with Crippen molar-refractivity contribution in [1.29, 1.82) is 0 Å². The Morgan fingerprint density at radius 3 is 2.55 bits per heavy atom. The quantitative estimate of drug-likeness (QED) is 0.579. The molecule has 1 heterocycles. The second-order valence-corrected chi connectivity index (χ2v) is 3.37. The van der Waals surface area contributed by atoms with Gasteiger partial charge >= 0.3 is 0 Å². The van der Waals surface area contributed by atoms with Crippen LogP contribution < -0.4 is 0 Å². The summed E-state index contributed by atoms with van der Waals surface area (Å²) < 4.78 is 0. The van der Waals surface area contributed by atoms with Gasteiger partial charge in [-0.3, -0.25) is 4.99 Å². The van der Waals surface area contributed by atoms with E-state index in [1.54, 1.807) is 0 Å². The number of hydrogen-bond donors (Lipinski definition) is 0. The van der Waals surface area contributed by atoms with E-state index in [0.29, 0.717) is 11.8 Å². The number of rotatable bonds is 2. The summed E-state index contributed by atoms with van der Waals surface area (Å²) in [5, 5.41) is 0. The molecule has 0 bridgehead atoms. The van der Waals surface area contributed by atoms with Gasteiger partial charge in [0, 0.05) is 25.1 Å². The molecule has 0 saturated carbocycles. The van der Waals surface area contributed by atoms with Crippen molar-refractivity contribution in [2.75, 3.05) is 6.54 Å². The molecule has 2 nitrogen and oxygen atoms in total. The predicted molar refractivity (Wildman–Crippen MR) is 49.4 cm³/mol. The molecule has 1 aliphatic rings. The van der Waals surface area contributed by atoms with Crippen LogP contribution in [-0.2, 0) is 0 Å². The fourth-order valence-electron chi connectivity index (χ4n) is 0.995. The van der Waals surface area contributed by atoms with E-state index in [1.165, 1.54) is 0 Å². The van der Waals surface area contributed by atoms with Crippen LogP contribution in [0.3, 0.4) is 0 Å². The molecule has 0 N–H and O–H groups in total. The number of hydrogen-bond acceptors (Lipinski definition) is 2. The van der Waals surface area contributed by atoms with E-state index in [-0.39, 0.29) is 0 Å². The Balaban J connectivity index is 2.59. The van der Waals surface area contributed by atoms with E-state index >= 15 is 0 Å². The summed E-state index contributed by atoms with van der Waals surface area (Å²) in [4.78, 5) is 8.64. The lowest BCUT2D eigenvalue weighted by molar-refractivity contribution is 0.527. The maximum atomic E-state index is 4.37. The van der Waals surface area contributed by atoms with E-state index in [2.05, 4.69) is 30.8 Å². The average Bonchev–Trinajstić information content (AvgIpc) is 2.05. The Bertz CT molecular complexity index is 180. The van der Waals surface area contributed by atoms with Crippen LogP contribution in [0.2, 0.25) is 0 Å². The third-order valence-corrected chi connectivity index (χ3v) is 2.16. The first kappa shape index (κ1) is 8.44. The molecule has 0 aromatic carbocycles. The van der Waals surface area contributed by atoms with Crippen LogP contribution in [0.4, 0.5) is 0 Å². The molecule has 62 valence electrons. The highest BCUT2D eigenvalue weighted by molar-refractivity contribution is 5.92. The van der Waals surface area contributed by atoms with Gasteiger partial charge in [0.25, 0.3) is 0 Å². The van der Waals surface area contributed by atoms with Gasteiger partial charge in [-0.1, -0.05) is 20.8 Å². The lowest BCUT2D eigenvalue weighted by Crippen LogP contribution is -2.17. The fraction of sp³-hybridized carbons (Fsp3) is 0.778. The van der Waals surface area contributed by atoms with Crippen molar-refractivity contribution >= 4 is 12.1 Å². The van der Waals surface area contributed by atoms with Crippen LogP contribution >= 0.6 is 0 Å². The maximum absolute atomic E-state index is 4.37. The first-order valence-electron chi connectivity index (χ1n) is 4.28. The van der Waals surface area contributed by atoms with Gasteiger partial charge in [-0.15, -0.1) is 0 Å². The Hall–Kier alpha value is -0.660. The van der Waals surface area contributed by atoms with Crippen LogP contribution in [0.5, 0.6) is 0 Å². The largest absolute Gasteiger partial charge is 0.270 e. The molecule has 1 unspecified atom stereocenters. The van der Waals surface area contributed by atoms with Crippen LogP contribution in [-0.4, -0.2) is 18.6 Å². The highest BCUT2D eigenvalue weighted by Gasteiger charge is 2.14. The Morgan fingerprint density at radius 2 is 2.09 bits per heavy atom. The number of amidine groups is 1. The van der Waals surface area contributed by atoms with E-state index in [0.717, 1.165) is 18.8 Å². The molecule has 1 aliphatic heterocycles. The van der Waals surface area contributed by atoms with Gasteiger partial charge in [0.2, 0.25) is 0 Å². The molecule has 0 fully saturated rings. The van der Waals surface area contributed by atoms with E-state index < -0.39 is 0 Å². The third kappa shape index (κ3) is 2.14. The Kier molecular flexibility index (Phi) is 2.80. The smallest absolute Gasteiger partial charge is 0.125 e. The van der Waals surface area contributed by atoms with E-state index in [4.69, 9.17) is 0 Å². The molecule has 11 heavy (non-hydrogen) atoms. The van der Waals surface area contributed by atoms with Gasteiger partial charge in [-0.05, 0) is 5.92 Å². The lowest BCUT2D eigenvalue weighted by Gasteiger charge is -2.16. The molecule has 0 aliphatic carbocycles. The highest BCUT2D eigenvalue weighted by atomic mass is 14.9. The van der Waals surface area contributed by atoms with Crippen molar-refractivity contribution in [2.45, 2.75) is 27.2 Å². The number of aliphatic imine (C=N–C) groups is 2. The molecule has 0 aromatic heterocycles. The molecule has 0 radical (unpaired) electrons. The topological polar surface area (TPSA) is 24.7 Å². The molecule has 0 aromatic rings. The molecular formula is C9H16N2. The zero-order valence-corrected chi connectivity index (χ0v) is 7.54. The standard InChI is InChI=1S/C9H16N2/c1-7(2)8(3)9-10-5-4-6-11-9/h5,7-8H,4,6H2,1-3H3. The summed E-state index contributed by atoms with van der Waals surface area (Å²) >= 11 is 0. The van der Waals surface area contributed by atoms with Gasteiger partial charge < -0.3 is 0 Å². The second kappa shape index (κ2) is 3.65. The second-order valence-electron chi connectivity index (χ2n) is 3.37. The summed E-state index contributed by atoms with van der Waals surface area (Å²) in [6.45, 7) is 7.52. The van der Waals surface area contributed by atoms with Crippen molar-refractivity contribution < 1.29 is 0 Å². The molecule has 0 amide bonds. The summed E-state index contributed by atoms with van der Waals surface area (Å²) in [5.41, 5.74) is 0. The lowest BCUT2D eigenvalue weighted by atomic mass is 9.97. The summed E-state index contributed by atoms with van der Waals surface area (Å²) in [6.07, 6.45) is 2.98. The fourth-order valence-corrected chi connectivity index (χ4v) is 0.995. The number of nitrogens with zero attached hydrogens (tertiary/aromatic N) is 2. The molecule has 2 heteroatoms. The van der Waals surface area contributed by atoms with E-state index in [1.807, 2.05) is 6.21 Å². The summed E-state index contributed by atoms with van der Waals surface area (Å²) in [5.74, 6) is 2.18. The van der Waals surface area contributed by atoms with Gasteiger partial charge in [0.15, 0.2) is 0 Å². The van der Waals surface area contributed by atoms with Crippen molar-refractivity contribution in [2.24, 2.45) is 21.8 Å². The maximum Gasteiger partial charge on any atom is 0.125 e. The highest BCUT2D eigenvalue weighted by Crippen LogP contribution is 2.14. The molecule has 1 rings (SSSR count). The SMILES string of the molecule is CC(C)C(C)C1=NCCC=N1. The zero-order valence-electron chi connectivity index (χ0n) is 7.54. The van der Waals surface area contributed by atoms with Gasteiger partial charge in [0.1, 0.15) is 5.84 Å². The van der Waals surface area contributed by atoms with Gasteiger partial charge in [-0.2, -0.15) is 0 Å². The first-order valence-corrected chi connectivity index (χ1v) is 4.28. The minimum absolute atomic E-state index is 0.506.